The van der Waals surface area contributed by atoms with Gasteiger partial charge in [-0.05, 0) is 12.8 Å². The fraction of sp³-hybridized carbons (Fsp3) is 0.714. The van der Waals surface area contributed by atoms with Gasteiger partial charge in [0.25, 0.3) is 0 Å². The normalized spacial score (nSPS) is 19.3. The average Bonchev–Trinajstić information content (AvgIpc) is 2.60. The Kier molecular flexibility index (Phi) is 2.43. The molecule has 1 aromatic heterocycles. The molecular formula is C7H10N2S2. The van der Waals surface area contributed by atoms with Crippen molar-refractivity contribution in [3.05, 3.63) is 5.51 Å². The molecule has 2 nitrogen and oxygen atoms in total. The van der Waals surface area contributed by atoms with Crippen molar-refractivity contribution in [1.29, 1.82) is 0 Å². The van der Waals surface area contributed by atoms with Crippen molar-refractivity contribution in [2.45, 2.75) is 35.3 Å². The van der Waals surface area contributed by atoms with Gasteiger partial charge in [-0.25, -0.2) is 0 Å². The van der Waals surface area contributed by atoms with E-state index in [1.165, 1.54) is 25.7 Å². The van der Waals surface area contributed by atoms with Crippen LogP contribution >= 0.6 is 23.1 Å². The Morgan fingerprint density at radius 2 is 2.27 bits per heavy atom. The number of hydrogen-bond acceptors (Lipinski definition) is 4. The summed E-state index contributed by atoms with van der Waals surface area (Å²) in [4.78, 5) is 0. The van der Waals surface area contributed by atoms with Gasteiger partial charge in [-0.3, -0.25) is 0 Å². The molecule has 0 bridgehead atoms. The molecule has 2 rings (SSSR count). The minimum Gasteiger partial charge on any atom is -0.146 e. The molecule has 1 aliphatic rings. The van der Waals surface area contributed by atoms with Crippen LogP contribution in [0.5, 0.6) is 0 Å². The standard InChI is InChI=1S/C7H10N2S2/c1-2-4-6(3-1)11-7-9-8-5-10-7/h5-6H,1-4H2. The predicted octanol–water partition coefficient (Wildman–Crippen LogP) is 2.57. The lowest BCUT2D eigenvalue weighted by molar-refractivity contribution is 0.886. The van der Waals surface area contributed by atoms with Gasteiger partial charge >= 0.3 is 0 Å². The first-order valence-corrected chi connectivity index (χ1v) is 5.64. The molecule has 1 aliphatic carbocycles. The first kappa shape index (κ1) is 7.55. The summed E-state index contributed by atoms with van der Waals surface area (Å²) < 4.78 is 1.14. The highest BCUT2D eigenvalue weighted by Crippen LogP contribution is 2.34. The zero-order valence-electron chi connectivity index (χ0n) is 6.19. The Balaban J connectivity index is 1.90. The van der Waals surface area contributed by atoms with E-state index in [2.05, 4.69) is 10.2 Å². The van der Waals surface area contributed by atoms with Crippen molar-refractivity contribution in [2.75, 3.05) is 0 Å². The van der Waals surface area contributed by atoms with E-state index in [-0.39, 0.29) is 0 Å². The zero-order chi connectivity index (χ0) is 7.52. The first-order chi connectivity index (χ1) is 5.45. The molecule has 0 spiro atoms. The summed E-state index contributed by atoms with van der Waals surface area (Å²) in [7, 11) is 0. The molecule has 0 amide bonds. The van der Waals surface area contributed by atoms with Gasteiger partial charge in [0.1, 0.15) is 5.51 Å². The van der Waals surface area contributed by atoms with Gasteiger partial charge in [0.2, 0.25) is 0 Å². The molecule has 0 N–H and O–H groups in total. The summed E-state index contributed by atoms with van der Waals surface area (Å²) in [5.41, 5.74) is 1.80. The van der Waals surface area contributed by atoms with Gasteiger partial charge in [-0.15, -0.1) is 10.2 Å². The van der Waals surface area contributed by atoms with Crippen LogP contribution in [0, 0.1) is 0 Å². The summed E-state index contributed by atoms with van der Waals surface area (Å²) in [5, 5.41) is 8.65. The SMILES string of the molecule is c1nnc(SC2CCCC2)s1. The van der Waals surface area contributed by atoms with Gasteiger partial charge in [0.15, 0.2) is 4.34 Å². The largest absolute Gasteiger partial charge is 0.174 e. The van der Waals surface area contributed by atoms with Crippen LogP contribution in [0.25, 0.3) is 0 Å². The Hall–Kier alpha value is -0.0900. The van der Waals surface area contributed by atoms with Crippen LogP contribution in [0.4, 0.5) is 0 Å². The third-order valence-electron chi connectivity index (χ3n) is 1.91. The van der Waals surface area contributed by atoms with Gasteiger partial charge in [0, 0.05) is 5.25 Å². The topological polar surface area (TPSA) is 25.8 Å². The van der Waals surface area contributed by atoms with Gasteiger partial charge in [0.05, 0.1) is 0 Å². The second kappa shape index (κ2) is 3.54. The number of rotatable bonds is 2. The molecule has 1 saturated carbocycles. The molecule has 0 aromatic carbocycles. The van der Waals surface area contributed by atoms with E-state index in [1.54, 1.807) is 16.8 Å². The van der Waals surface area contributed by atoms with Crippen LogP contribution in [0.3, 0.4) is 0 Å². The summed E-state index contributed by atoms with van der Waals surface area (Å²) in [6, 6.07) is 0. The predicted molar refractivity (Wildman–Crippen MR) is 48.0 cm³/mol. The van der Waals surface area contributed by atoms with E-state index in [0.717, 1.165) is 9.59 Å². The summed E-state index contributed by atoms with van der Waals surface area (Å²) in [6.07, 6.45) is 5.53. The molecule has 60 valence electrons. The fourth-order valence-corrected chi connectivity index (χ4v) is 3.35. The second-order valence-electron chi connectivity index (χ2n) is 2.73. The molecule has 0 unspecified atom stereocenters. The molecule has 11 heavy (non-hydrogen) atoms. The number of nitrogens with zero attached hydrogens (tertiary/aromatic N) is 2. The lowest BCUT2D eigenvalue weighted by atomic mass is 10.4. The van der Waals surface area contributed by atoms with Crippen LogP contribution < -0.4 is 0 Å². The summed E-state index contributed by atoms with van der Waals surface area (Å²) in [6.45, 7) is 0. The van der Waals surface area contributed by atoms with Crippen molar-refractivity contribution in [2.24, 2.45) is 0 Å². The molecule has 0 atom stereocenters. The maximum atomic E-state index is 4.01. The molecule has 1 aromatic rings. The maximum absolute atomic E-state index is 4.01. The smallest absolute Gasteiger partial charge is 0.146 e. The highest BCUT2D eigenvalue weighted by Gasteiger charge is 2.17. The first-order valence-electron chi connectivity index (χ1n) is 3.88. The van der Waals surface area contributed by atoms with E-state index < -0.39 is 0 Å². The van der Waals surface area contributed by atoms with E-state index in [0.29, 0.717) is 0 Å². The Labute approximate surface area is 74.4 Å². The second-order valence-corrected chi connectivity index (χ2v) is 5.11. The molecule has 1 heterocycles. The van der Waals surface area contributed by atoms with Crippen molar-refractivity contribution in [3.63, 3.8) is 0 Å². The molecule has 4 heteroatoms. The fourth-order valence-electron chi connectivity index (χ4n) is 1.36. The van der Waals surface area contributed by atoms with E-state index in [1.807, 2.05) is 11.8 Å². The Bertz CT molecular complexity index is 204. The minimum absolute atomic E-state index is 0.822. The van der Waals surface area contributed by atoms with Crippen molar-refractivity contribution >= 4 is 23.1 Å². The minimum atomic E-state index is 0.822. The quantitative estimate of drug-likeness (QED) is 0.710. The Morgan fingerprint density at radius 3 is 2.91 bits per heavy atom. The van der Waals surface area contributed by atoms with Gasteiger partial charge < -0.3 is 0 Å². The summed E-state index contributed by atoms with van der Waals surface area (Å²) in [5.74, 6) is 0. The van der Waals surface area contributed by atoms with E-state index in [9.17, 15) is 0 Å². The third-order valence-corrected chi connectivity index (χ3v) is 4.06. The number of thioether (sulfide) groups is 1. The molecule has 0 aliphatic heterocycles. The highest BCUT2D eigenvalue weighted by atomic mass is 32.2. The van der Waals surface area contributed by atoms with Crippen LogP contribution in [-0.4, -0.2) is 15.4 Å². The van der Waals surface area contributed by atoms with Crippen LogP contribution in [0.2, 0.25) is 0 Å². The van der Waals surface area contributed by atoms with Crippen LogP contribution in [-0.2, 0) is 0 Å². The lowest BCUT2D eigenvalue weighted by Gasteiger charge is -2.02. The average molecular weight is 186 g/mol. The van der Waals surface area contributed by atoms with E-state index >= 15 is 0 Å². The number of hydrogen-bond donors (Lipinski definition) is 0. The lowest BCUT2D eigenvalue weighted by Crippen LogP contribution is -1.92. The molecule has 1 fully saturated rings. The summed E-state index contributed by atoms with van der Waals surface area (Å²) >= 11 is 3.55. The zero-order valence-corrected chi connectivity index (χ0v) is 7.83. The highest BCUT2D eigenvalue weighted by molar-refractivity contribution is 8.01. The molecule has 0 radical (unpaired) electrons. The van der Waals surface area contributed by atoms with Gasteiger partial charge in [-0.1, -0.05) is 35.9 Å². The van der Waals surface area contributed by atoms with Crippen molar-refractivity contribution in [3.8, 4) is 0 Å². The van der Waals surface area contributed by atoms with Crippen LogP contribution in [0.1, 0.15) is 25.7 Å². The molecular weight excluding hydrogens is 176 g/mol. The van der Waals surface area contributed by atoms with E-state index in [4.69, 9.17) is 0 Å². The maximum Gasteiger partial charge on any atom is 0.174 e. The molecule has 0 saturated heterocycles. The monoisotopic (exact) mass is 186 g/mol. The Morgan fingerprint density at radius 1 is 1.45 bits per heavy atom. The number of aromatic nitrogens is 2. The van der Waals surface area contributed by atoms with Gasteiger partial charge in [-0.2, -0.15) is 0 Å². The van der Waals surface area contributed by atoms with Crippen molar-refractivity contribution < 1.29 is 0 Å². The third kappa shape index (κ3) is 1.93. The van der Waals surface area contributed by atoms with Crippen molar-refractivity contribution in [1.82, 2.24) is 10.2 Å². The van der Waals surface area contributed by atoms with Crippen LogP contribution in [0.15, 0.2) is 9.85 Å².